The van der Waals surface area contributed by atoms with Crippen LogP contribution in [0.2, 0.25) is 0 Å². The Kier molecular flexibility index (Phi) is 3.95. The molecular formula is C16H18BrNO. The molecule has 0 bridgehead atoms. The molecule has 0 spiro atoms. The molecule has 0 radical (unpaired) electrons. The summed E-state index contributed by atoms with van der Waals surface area (Å²) in [5.74, 6) is -0.00654. The van der Waals surface area contributed by atoms with Crippen molar-refractivity contribution in [3.63, 3.8) is 0 Å². The van der Waals surface area contributed by atoms with Crippen LogP contribution in [0.5, 0.6) is 0 Å². The first-order valence-electron chi connectivity index (χ1n) is 6.37. The Morgan fingerprint density at radius 3 is 2.47 bits per heavy atom. The van der Waals surface area contributed by atoms with Gasteiger partial charge in [0, 0.05) is 0 Å². The van der Waals surface area contributed by atoms with Crippen molar-refractivity contribution >= 4 is 32.6 Å². The minimum atomic E-state index is -0.550. The molecule has 2 aromatic rings. The Balaban J connectivity index is 2.32. The summed E-state index contributed by atoms with van der Waals surface area (Å²) in [5.41, 5.74) is 1.14. The summed E-state index contributed by atoms with van der Waals surface area (Å²) in [5, 5.41) is 5.42. The van der Waals surface area contributed by atoms with Crippen LogP contribution in [-0.4, -0.2) is 10.2 Å². The van der Waals surface area contributed by atoms with Gasteiger partial charge in [-0.2, -0.15) is 0 Å². The molecule has 0 aromatic heterocycles. The molecule has 0 fully saturated rings. The van der Waals surface area contributed by atoms with Crippen molar-refractivity contribution in [2.24, 2.45) is 0 Å². The van der Waals surface area contributed by atoms with Crippen LogP contribution < -0.4 is 5.32 Å². The Bertz CT molecular complexity index is 596. The van der Waals surface area contributed by atoms with Crippen molar-refractivity contribution in [1.29, 1.82) is 0 Å². The van der Waals surface area contributed by atoms with E-state index in [4.69, 9.17) is 0 Å². The lowest BCUT2D eigenvalue weighted by Crippen LogP contribution is -2.38. The zero-order valence-corrected chi connectivity index (χ0v) is 13.0. The Labute approximate surface area is 122 Å². The van der Waals surface area contributed by atoms with Gasteiger partial charge in [0.05, 0.1) is 10.4 Å². The van der Waals surface area contributed by atoms with Crippen LogP contribution in [0.1, 0.15) is 32.4 Å². The SMILES string of the molecule is CC(NC(=O)C(C)(C)Br)c1cccc2ccccc12. The van der Waals surface area contributed by atoms with Gasteiger partial charge >= 0.3 is 0 Å². The van der Waals surface area contributed by atoms with E-state index in [1.165, 1.54) is 10.8 Å². The number of hydrogen-bond donors (Lipinski definition) is 1. The summed E-state index contributed by atoms with van der Waals surface area (Å²) < 4.78 is -0.550. The maximum Gasteiger partial charge on any atom is 0.236 e. The van der Waals surface area contributed by atoms with Gasteiger partial charge in [-0.1, -0.05) is 58.4 Å². The highest BCUT2D eigenvalue weighted by atomic mass is 79.9. The normalized spacial score (nSPS) is 13.3. The van der Waals surface area contributed by atoms with Crippen LogP contribution in [0.25, 0.3) is 10.8 Å². The summed E-state index contributed by atoms with van der Waals surface area (Å²) in [6.07, 6.45) is 0. The van der Waals surface area contributed by atoms with Crippen molar-refractivity contribution in [2.75, 3.05) is 0 Å². The molecule has 0 heterocycles. The Morgan fingerprint density at radius 2 is 1.79 bits per heavy atom. The molecule has 100 valence electrons. The number of amides is 1. The molecule has 0 aliphatic heterocycles. The predicted molar refractivity (Wildman–Crippen MR) is 83.5 cm³/mol. The topological polar surface area (TPSA) is 29.1 Å². The minimum Gasteiger partial charge on any atom is -0.348 e. The fourth-order valence-corrected chi connectivity index (χ4v) is 2.19. The van der Waals surface area contributed by atoms with E-state index in [2.05, 4.69) is 45.5 Å². The maximum absolute atomic E-state index is 12.0. The molecule has 0 aliphatic rings. The summed E-state index contributed by atoms with van der Waals surface area (Å²) in [6.45, 7) is 5.70. The smallest absolute Gasteiger partial charge is 0.236 e. The molecular weight excluding hydrogens is 302 g/mol. The number of halogens is 1. The van der Waals surface area contributed by atoms with E-state index in [0.717, 1.165) is 5.56 Å². The van der Waals surface area contributed by atoms with Crippen LogP contribution in [0.4, 0.5) is 0 Å². The highest BCUT2D eigenvalue weighted by Gasteiger charge is 2.25. The second-order valence-corrected chi connectivity index (χ2v) is 7.22. The van der Waals surface area contributed by atoms with Crippen LogP contribution >= 0.6 is 15.9 Å². The number of carbonyl (C=O) groups is 1. The number of fused-ring (bicyclic) bond motifs is 1. The Hall–Kier alpha value is -1.35. The number of alkyl halides is 1. The Morgan fingerprint density at radius 1 is 1.16 bits per heavy atom. The third kappa shape index (κ3) is 3.16. The van der Waals surface area contributed by atoms with Crippen molar-refractivity contribution in [3.8, 4) is 0 Å². The third-order valence-electron chi connectivity index (χ3n) is 3.18. The van der Waals surface area contributed by atoms with Crippen molar-refractivity contribution < 1.29 is 4.79 Å². The fraction of sp³-hybridized carbons (Fsp3) is 0.312. The molecule has 1 atom stereocenters. The van der Waals surface area contributed by atoms with Crippen molar-refractivity contribution in [2.45, 2.75) is 31.1 Å². The number of rotatable bonds is 3. The van der Waals surface area contributed by atoms with Gasteiger partial charge in [-0.25, -0.2) is 0 Å². The summed E-state index contributed by atoms with van der Waals surface area (Å²) in [4.78, 5) is 12.0. The first-order chi connectivity index (χ1) is 8.89. The molecule has 1 N–H and O–H groups in total. The first kappa shape index (κ1) is 14.1. The first-order valence-corrected chi connectivity index (χ1v) is 7.16. The van der Waals surface area contributed by atoms with E-state index >= 15 is 0 Å². The van der Waals surface area contributed by atoms with Gasteiger partial charge in [0.1, 0.15) is 0 Å². The zero-order valence-electron chi connectivity index (χ0n) is 11.4. The average molecular weight is 320 g/mol. The number of benzene rings is 2. The summed E-state index contributed by atoms with van der Waals surface area (Å²) in [6, 6.07) is 14.4. The second-order valence-electron chi connectivity index (χ2n) is 5.24. The molecule has 0 saturated heterocycles. The molecule has 2 rings (SSSR count). The summed E-state index contributed by atoms with van der Waals surface area (Å²) in [7, 11) is 0. The van der Waals surface area contributed by atoms with E-state index in [9.17, 15) is 4.79 Å². The van der Waals surface area contributed by atoms with E-state index < -0.39 is 4.32 Å². The van der Waals surface area contributed by atoms with Crippen LogP contribution in [0, 0.1) is 0 Å². The van der Waals surface area contributed by atoms with Gasteiger partial charge in [0.15, 0.2) is 0 Å². The molecule has 1 unspecified atom stereocenters. The standard InChI is InChI=1S/C16H18BrNO/c1-11(18-15(19)16(2,3)17)13-10-6-8-12-7-4-5-9-14(12)13/h4-11H,1-3H3,(H,18,19). The van der Waals surface area contributed by atoms with Gasteiger partial charge in [-0.05, 0) is 37.1 Å². The molecule has 2 nitrogen and oxygen atoms in total. The van der Waals surface area contributed by atoms with E-state index in [0.29, 0.717) is 0 Å². The molecule has 2 aromatic carbocycles. The highest BCUT2D eigenvalue weighted by molar-refractivity contribution is 9.10. The fourth-order valence-electron chi connectivity index (χ4n) is 2.07. The van der Waals surface area contributed by atoms with Gasteiger partial charge in [0.25, 0.3) is 0 Å². The van der Waals surface area contributed by atoms with Crippen molar-refractivity contribution in [3.05, 3.63) is 48.0 Å². The number of nitrogens with one attached hydrogen (secondary N) is 1. The lowest BCUT2D eigenvalue weighted by molar-refractivity contribution is -0.123. The van der Waals surface area contributed by atoms with Crippen LogP contribution in [0.15, 0.2) is 42.5 Å². The quantitative estimate of drug-likeness (QED) is 0.844. The van der Waals surface area contributed by atoms with E-state index in [-0.39, 0.29) is 11.9 Å². The van der Waals surface area contributed by atoms with Gasteiger partial charge in [-0.15, -0.1) is 0 Å². The van der Waals surface area contributed by atoms with Crippen molar-refractivity contribution in [1.82, 2.24) is 5.32 Å². The largest absolute Gasteiger partial charge is 0.348 e. The van der Waals surface area contributed by atoms with E-state index in [1.54, 1.807) is 0 Å². The predicted octanol–water partition coefficient (Wildman–Crippen LogP) is 4.19. The monoisotopic (exact) mass is 319 g/mol. The van der Waals surface area contributed by atoms with Crippen LogP contribution in [0.3, 0.4) is 0 Å². The minimum absolute atomic E-state index is 0.00654. The number of hydrogen-bond acceptors (Lipinski definition) is 1. The molecule has 1 amide bonds. The highest BCUT2D eigenvalue weighted by Crippen LogP contribution is 2.25. The molecule has 0 saturated carbocycles. The number of carbonyl (C=O) groups excluding carboxylic acids is 1. The van der Waals surface area contributed by atoms with E-state index in [1.807, 2.05) is 39.0 Å². The average Bonchev–Trinajstić information content (AvgIpc) is 2.36. The molecule has 0 aliphatic carbocycles. The lowest BCUT2D eigenvalue weighted by Gasteiger charge is -2.21. The maximum atomic E-state index is 12.0. The van der Waals surface area contributed by atoms with Gasteiger partial charge in [0.2, 0.25) is 5.91 Å². The lowest BCUT2D eigenvalue weighted by atomic mass is 9.99. The third-order valence-corrected chi connectivity index (χ3v) is 3.54. The van der Waals surface area contributed by atoms with Crippen LogP contribution in [-0.2, 0) is 4.79 Å². The summed E-state index contributed by atoms with van der Waals surface area (Å²) >= 11 is 3.38. The second kappa shape index (κ2) is 5.33. The molecule has 3 heteroatoms. The molecule has 19 heavy (non-hydrogen) atoms. The van der Waals surface area contributed by atoms with Gasteiger partial charge in [-0.3, -0.25) is 4.79 Å². The van der Waals surface area contributed by atoms with Gasteiger partial charge < -0.3 is 5.32 Å². The zero-order chi connectivity index (χ0) is 14.0.